The molecule has 0 aliphatic heterocycles. The van der Waals surface area contributed by atoms with Crippen LogP contribution in [0.5, 0.6) is 0 Å². The van der Waals surface area contributed by atoms with Gasteiger partial charge in [0.15, 0.2) is 0 Å². The van der Waals surface area contributed by atoms with Crippen molar-refractivity contribution in [3.63, 3.8) is 0 Å². The van der Waals surface area contributed by atoms with Gasteiger partial charge in [-0.05, 0) is 44.3 Å². The van der Waals surface area contributed by atoms with Crippen molar-refractivity contribution in [3.05, 3.63) is 22.9 Å². The third-order valence-electron chi connectivity index (χ3n) is 2.27. The summed E-state index contributed by atoms with van der Waals surface area (Å²) >= 11 is 0. The molecule has 3 N–H and O–H groups in total. The Kier molecular flexibility index (Phi) is 3.35. The Bertz CT molecular complexity index is 216. The van der Waals surface area contributed by atoms with Crippen LogP contribution in [0.3, 0.4) is 0 Å². The van der Waals surface area contributed by atoms with E-state index in [-0.39, 0.29) is 6.61 Å². The highest BCUT2D eigenvalue weighted by Crippen LogP contribution is 2.23. The van der Waals surface area contributed by atoms with Gasteiger partial charge in [-0.25, -0.2) is 0 Å². The van der Waals surface area contributed by atoms with Crippen molar-refractivity contribution in [2.24, 2.45) is 5.73 Å². The van der Waals surface area contributed by atoms with Gasteiger partial charge in [0.1, 0.15) is 0 Å². The van der Waals surface area contributed by atoms with Crippen LogP contribution in [0.25, 0.3) is 0 Å². The van der Waals surface area contributed by atoms with E-state index in [4.69, 9.17) is 10.8 Å². The van der Waals surface area contributed by atoms with E-state index in [1.807, 2.05) is 0 Å². The standard InChI is InChI=1S/C10H17NO/c1-8-4-5-9(3-2-6-12)10(11)7-8/h7,12H,2-6,11H2,1H3. The monoisotopic (exact) mass is 167 g/mol. The zero-order valence-corrected chi connectivity index (χ0v) is 7.64. The van der Waals surface area contributed by atoms with Crippen LogP contribution in [0.1, 0.15) is 32.6 Å². The molecule has 0 saturated carbocycles. The van der Waals surface area contributed by atoms with E-state index in [0.717, 1.165) is 31.4 Å². The van der Waals surface area contributed by atoms with E-state index in [1.54, 1.807) is 0 Å². The molecule has 0 spiro atoms. The Hall–Kier alpha value is -0.760. The minimum absolute atomic E-state index is 0.263. The summed E-state index contributed by atoms with van der Waals surface area (Å²) in [7, 11) is 0. The van der Waals surface area contributed by atoms with Crippen molar-refractivity contribution >= 4 is 0 Å². The number of nitrogens with two attached hydrogens (primary N) is 1. The smallest absolute Gasteiger partial charge is 0.0434 e. The van der Waals surface area contributed by atoms with Crippen LogP contribution in [-0.2, 0) is 0 Å². The Morgan fingerprint density at radius 3 is 2.83 bits per heavy atom. The van der Waals surface area contributed by atoms with E-state index < -0.39 is 0 Å². The lowest BCUT2D eigenvalue weighted by molar-refractivity contribution is 0.288. The fourth-order valence-electron chi connectivity index (χ4n) is 1.49. The molecule has 2 heteroatoms. The number of hydrogen-bond donors (Lipinski definition) is 2. The van der Waals surface area contributed by atoms with Gasteiger partial charge in [-0.15, -0.1) is 0 Å². The van der Waals surface area contributed by atoms with Crippen LogP contribution in [-0.4, -0.2) is 11.7 Å². The fourth-order valence-corrected chi connectivity index (χ4v) is 1.49. The van der Waals surface area contributed by atoms with E-state index in [2.05, 4.69) is 13.0 Å². The van der Waals surface area contributed by atoms with Gasteiger partial charge in [-0.1, -0.05) is 5.57 Å². The lowest BCUT2D eigenvalue weighted by Gasteiger charge is -2.15. The predicted octanol–water partition coefficient (Wildman–Crippen LogP) is 1.71. The zero-order valence-electron chi connectivity index (χ0n) is 7.64. The van der Waals surface area contributed by atoms with Gasteiger partial charge >= 0.3 is 0 Å². The van der Waals surface area contributed by atoms with Gasteiger partial charge < -0.3 is 10.8 Å². The Morgan fingerprint density at radius 1 is 1.50 bits per heavy atom. The molecule has 0 aromatic rings. The minimum Gasteiger partial charge on any atom is -0.399 e. The molecule has 0 aromatic carbocycles. The number of aliphatic hydroxyl groups excluding tert-OH is 1. The summed E-state index contributed by atoms with van der Waals surface area (Å²) in [5.74, 6) is 0. The SMILES string of the molecule is CC1=CC(N)=C(CCCO)CC1. The molecule has 0 amide bonds. The van der Waals surface area contributed by atoms with Gasteiger partial charge in [0.05, 0.1) is 0 Å². The Morgan fingerprint density at radius 2 is 2.25 bits per heavy atom. The number of allylic oxidation sites excluding steroid dienone is 3. The van der Waals surface area contributed by atoms with Crippen LogP contribution in [0.15, 0.2) is 22.9 Å². The van der Waals surface area contributed by atoms with Gasteiger partial charge in [0.2, 0.25) is 0 Å². The van der Waals surface area contributed by atoms with Gasteiger partial charge in [-0.2, -0.15) is 0 Å². The second-order valence-electron chi connectivity index (χ2n) is 3.38. The van der Waals surface area contributed by atoms with Gasteiger partial charge in [0.25, 0.3) is 0 Å². The third-order valence-corrected chi connectivity index (χ3v) is 2.27. The lowest BCUT2D eigenvalue weighted by atomic mass is 9.94. The van der Waals surface area contributed by atoms with Gasteiger partial charge in [0, 0.05) is 12.3 Å². The summed E-state index contributed by atoms with van der Waals surface area (Å²) in [4.78, 5) is 0. The van der Waals surface area contributed by atoms with Crippen LogP contribution in [0, 0.1) is 0 Å². The first-order valence-electron chi connectivity index (χ1n) is 4.49. The van der Waals surface area contributed by atoms with E-state index in [9.17, 15) is 0 Å². The molecule has 0 saturated heterocycles. The molecule has 0 fully saturated rings. The number of rotatable bonds is 3. The highest BCUT2D eigenvalue weighted by Gasteiger charge is 2.07. The molecule has 1 aliphatic carbocycles. The summed E-state index contributed by atoms with van der Waals surface area (Å²) in [6.07, 6.45) is 6.04. The molecule has 68 valence electrons. The van der Waals surface area contributed by atoms with Crippen LogP contribution in [0.2, 0.25) is 0 Å². The normalized spacial score (nSPS) is 18.0. The minimum atomic E-state index is 0.263. The van der Waals surface area contributed by atoms with Crippen molar-refractivity contribution in [1.29, 1.82) is 0 Å². The highest BCUT2D eigenvalue weighted by molar-refractivity contribution is 5.30. The van der Waals surface area contributed by atoms with Crippen LogP contribution in [0.4, 0.5) is 0 Å². The van der Waals surface area contributed by atoms with Crippen molar-refractivity contribution < 1.29 is 5.11 Å². The number of hydrogen-bond acceptors (Lipinski definition) is 2. The van der Waals surface area contributed by atoms with Crippen molar-refractivity contribution in [1.82, 2.24) is 0 Å². The summed E-state index contributed by atoms with van der Waals surface area (Å²) < 4.78 is 0. The first-order chi connectivity index (χ1) is 5.74. The maximum Gasteiger partial charge on any atom is 0.0434 e. The second-order valence-corrected chi connectivity index (χ2v) is 3.38. The summed E-state index contributed by atoms with van der Waals surface area (Å²) in [6.45, 7) is 2.37. The molecule has 0 radical (unpaired) electrons. The Balaban J connectivity index is 2.56. The molecule has 12 heavy (non-hydrogen) atoms. The van der Waals surface area contributed by atoms with E-state index in [0.29, 0.717) is 0 Å². The van der Waals surface area contributed by atoms with Gasteiger partial charge in [-0.3, -0.25) is 0 Å². The van der Waals surface area contributed by atoms with Crippen molar-refractivity contribution in [2.75, 3.05) is 6.61 Å². The maximum absolute atomic E-state index is 8.66. The zero-order chi connectivity index (χ0) is 8.97. The largest absolute Gasteiger partial charge is 0.399 e. The molecule has 0 unspecified atom stereocenters. The molecular weight excluding hydrogens is 150 g/mol. The lowest BCUT2D eigenvalue weighted by Crippen LogP contribution is -2.06. The van der Waals surface area contributed by atoms with Crippen molar-refractivity contribution in [2.45, 2.75) is 32.6 Å². The van der Waals surface area contributed by atoms with Crippen LogP contribution < -0.4 is 5.73 Å². The first-order valence-corrected chi connectivity index (χ1v) is 4.49. The van der Waals surface area contributed by atoms with Crippen LogP contribution >= 0.6 is 0 Å². The van der Waals surface area contributed by atoms with E-state index >= 15 is 0 Å². The average Bonchev–Trinajstić information content (AvgIpc) is 2.03. The highest BCUT2D eigenvalue weighted by atomic mass is 16.2. The molecule has 2 nitrogen and oxygen atoms in total. The number of aliphatic hydroxyl groups is 1. The molecule has 1 aliphatic rings. The molecule has 0 bridgehead atoms. The quantitative estimate of drug-likeness (QED) is 0.672. The topological polar surface area (TPSA) is 46.2 Å². The molecule has 1 rings (SSSR count). The summed E-state index contributed by atoms with van der Waals surface area (Å²) in [5.41, 5.74) is 9.43. The van der Waals surface area contributed by atoms with Crippen molar-refractivity contribution in [3.8, 4) is 0 Å². The molecule has 0 atom stereocenters. The molecule has 0 heterocycles. The van der Waals surface area contributed by atoms with E-state index in [1.165, 1.54) is 11.1 Å². The first kappa shape index (κ1) is 9.33. The summed E-state index contributed by atoms with van der Waals surface area (Å²) in [6, 6.07) is 0. The molecular formula is C10H17NO. The molecule has 0 aromatic heterocycles. The predicted molar refractivity (Wildman–Crippen MR) is 50.5 cm³/mol. The average molecular weight is 167 g/mol. The third kappa shape index (κ3) is 2.38. The second kappa shape index (κ2) is 4.31. The fraction of sp³-hybridized carbons (Fsp3) is 0.600. The summed E-state index contributed by atoms with van der Waals surface area (Å²) in [5, 5.41) is 8.66. The maximum atomic E-state index is 8.66. The Labute approximate surface area is 73.8 Å².